The summed E-state index contributed by atoms with van der Waals surface area (Å²) < 4.78 is 5.76. The Morgan fingerprint density at radius 1 is 1.26 bits per heavy atom. The Morgan fingerprint density at radius 2 is 2.00 bits per heavy atom. The van der Waals surface area contributed by atoms with Crippen LogP contribution in [0.2, 0.25) is 5.15 Å². The number of aryl methyl sites for hydroxylation is 1. The molecule has 0 aliphatic rings. The topological polar surface area (TPSA) is 55.2 Å². The maximum atomic E-state index is 9.28. The second-order valence-electron chi connectivity index (χ2n) is 4.08. The van der Waals surface area contributed by atoms with Crippen LogP contribution in [0.5, 0.6) is 11.6 Å². The van der Waals surface area contributed by atoms with Crippen molar-refractivity contribution in [2.45, 2.75) is 26.9 Å². The number of benzene rings is 1. The molecule has 1 aromatic carbocycles. The predicted molar refractivity (Wildman–Crippen MR) is 73.6 cm³/mol. The van der Waals surface area contributed by atoms with Crippen LogP contribution < -0.4 is 4.74 Å². The van der Waals surface area contributed by atoms with E-state index in [1.54, 1.807) is 19.1 Å². The van der Waals surface area contributed by atoms with Gasteiger partial charge in [-0.3, -0.25) is 0 Å². The van der Waals surface area contributed by atoms with Gasteiger partial charge in [0.05, 0.1) is 6.61 Å². The molecule has 0 aliphatic carbocycles. The minimum Gasteiger partial charge on any atom is -0.438 e. The Balaban J connectivity index is 2.40. The fourth-order valence-electron chi connectivity index (χ4n) is 1.61. The number of hydrogen-bond acceptors (Lipinski definition) is 4. The van der Waals surface area contributed by atoms with E-state index in [1.807, 2.05) is 19.1 Å². The molecular weight excluding hydrogens is 264 g/mol. The molecule has 2 aromatic rings. The van der Waals surface area contributed by atoms with Crippen molar-refractivity contribution in [2.24, 2.45) is 0 Å². The lowest BCUT2D eigenvalue weighted by atomic mass is 10.2. The highest BCUT2D eigenvalue weighted by Crippen LogP contribution is 2.29. The van der Waals surface area contributed by atoms with Crippen molar-refractivity contribution in [3.8, 4) is 11.6 Å². The second kappa shape index (κ2) is 5.99. The third-order valence-electron chi connectivity index (χ3n) is 2.75. The maximum Gasteiger partial charge on any atom is 0.227 e. The van der Waals surface area contributed by atoms with Gasteiger partial charge in [0.25, 0.3) is 0 Å². The summed E-state index contributed by atoms with van der Waals surface area (Å²) in [5, 5.41) is 9.67. The van der Waals surface area contributed by atoms with Gasteiger partial charge >= 0.3 is 0 Å². The SMILES string of the molecule is CCc1nc(Cl)c(C)c(Oc2ccccc2CO)n1. The van der Waals surface area contributed by atoms with Crippen molar-refractivity contribution in [2.75, 3.05) is 0 Å². The van der Waals surface area contributed by atoms with Crippen LogP contribution in [-0.2, 0) is 13.0 Å². The minimum atomic E-state index is -0.0886. The lowest BCUT2D eigenvalue weighted by Crippen LogP contribution is -2.01. The summed E-state index contributed by atoms with van der Waals surface area (Å²) in [4.78, 5) is 8.48. The molecule has 2 rings (SSSR count). The first-order valence-corrected chi connectivity index (χ1v) is 6.43. The lowest BCUT2D eigenvalue weighted by Gasteiger charge is -2.12. The summed E-state index contributed by atoms with van der Waals surface area (Å²) in [5.74, 6) is 1.63. The van der Waals surface area contributed by atoms with E-state index in [1.165, 1.54) is 0 Å². The highest BCUT2D eigenvalue weighted by atomic mass is 35.5. The average Bonchev–Trinajstić information content (AvgIpc) is 2.44. The van der Waals surface area contributed by atoms with Gasteiger partial charge in [0, 0.05) is 17.5 Å². The molecule has 0 aliphatic heterocycles. The van der Waals surface area contributed by atoms with E-state index in [2.05, 4.69) is 9.97 Å². The standard InChI is InChI=1S/C14H15ClN2O2/c1-3-12-16-13(15)9(2)14(17-12)19-11-7-5-4-6-10(11)8-18/h4-7,18H,3,8H2,1-2H3. The highest BCUT2D eigenvalue weighted by Gasteiger charge is 2.12. The summed E-state index contributed by atoms with van der Waals surface area (Å²) in [6.07, 6.45) is 0.679. The van der Waals surface area contributed by atoms with Crippen LogP contribution in [0.15, 0.2) is 24.3 Å². The number of aromatic nitrogens is 2. The van der Waals surface area contributed by atoms with Crippen LogP contribution in [0.4, 0.5) is 0 Å². The quantitative estimate of drug-likeness (QED) is 0.872. The number of aliphatic hydroxyl groups is 1. The molecule has 0 amide bonds. The summed E-state index contributed by atoms with van der Waals surface area (Å²) in [6, 6.07) is 7.27. The third kappa shape index (κ3) is 3.03. The monoisotopic (exact) mass is 278 g/mol. The first kappa shape index (κ1) is 13.8. The number of nitrogens with zero attached hydrogens (tertiary/aromatic N) is 2. The molecule has 100 valence electrons. The number of para-hydroxylation sites is 1. The third-order valence-corrected chi connectivity index (χ3v) is 3.12. The zero-order valence-electron chi connectivity index (χ0n) is 10.9. The van der Waals surface area contributed by atoms with E-state index in [9.17, 15) is 5.11 Å². The van der Waals surface area contributed by atoms with Crippen molar-refractivity contribution in [1.82, 2.24) is 9.97 Å². The smallest absolute Gasteiger partial charge is 0.227 e. The Morgan fingerprint density at radius 3 is 2.68 bits per heavy atom. The molecule has 0 fully saturated rings. The van der Waals surface area contributed by atoms with Gasteiger partial charge in [-0.15, -0.1) is 0 Å². The van der Waals surface area contributed by atoms with Crippen molar-refractivity contribution in [1.29, 1.82) is 0 Å². The number of rotatable bonds is 4. The number of ether oxygens (including phenoxy) is 1. The van der Waals surface area contributed by atoms with Crippen LogP contribution >= 0.6 is 11.6 Å². The van der Waals surface area contributed by atoms with Crippen molar-refractivity contribution < 1.29 is 9.84 Å². The summed E-state index contributed by atoms with van der Waals surface area (Å²) in [5.41, 5.74) is 1.39. The van der Waals surface area contributed by atoms with Crippen LogP contribution in [0.1, 0.15) is 23.9 Å². The molecule has 1 heterocycles. The molecular formula is C14H15ClN2O2. The van der Waals surface area contributed by atoms with Crippen molar-refractivity contribution in [3.05, 3.63) is 46.4 Å². The van der Waals surface area contributed by atoms with Gasteiger partial charge in [0.1, 0.15) is 16.7 Å². The first-order chi connectivity index (χ1) is 9.15. The second-order valence-corrected chi connectivity index (χ2v) is 4.44. The fourth-order valence-corrected chi connectivity index (χ4v) is 1.79. The zero-order valence-corrected chi connectivity index (χ0v) is 11.6. The normalized spacial score (nSPS) is 10.5. The van der Waals surface area contributed by atoms with E-state index >= 15 is 0 Å². The van der Waals surface area contributed by atoms with Crippen molar-refractivity contribution in [3.63, 3.8) is 0 Å². The van der Waals surface area contributed by atoms with Crippen LogP contribution in [0.25, 0.3) is 0 Å². The van der Waals surface area contributed by atoms with Crippen LogP contribution in [0, 0.1) is 6.92 Å². The molecule has 1 N–H and O–H groups in total. The molecule has 5 heteroatoms. The lowest BCUT2D eigenvalue weighted by molar-refractivity contribution is 0.276. The van der Waals surface area contributed by atoms with Crippen molar-refractivity contribution >= 4 is 11.6 Å². The largest absolute Gasteiger partial charge is 0.438 e. The molecule has 1 aromatic heterocycles. The summed E-state index contributed by atoms with van der Waals surface area (Å²) >= 11 is 6.06. The Kier molecular flexibility index (Phi) is 4.35. The summed E-state index contributed by atoms with van der Waals surface area (Å²) in [6.45, 7) is 3.67. The van der Waals surface area contributed by atoms with Crippen LogP contribution in [0.3, 0.4) is 0 Å². The van der Waals surface area contributed by atoms with Gasteiger partial charge < -0.3 is 9.84 Å². The van der Waals surface area contributed by atoms with Gasteiger partial charge in [-0.2, -0.15) is 4.98 Å². The minimum absolute atomic E-state index is 0.0886. The Bertz CT molecular complexity index is 588. The van der Waals surface area contributed by atoms with Crippen LogP contribution in [-0.4, -0.2) is 15.1 Å². The zero-order chi connectivity index (χ0) is 13.8. The molecule has 0 unspecified atom stereocenters. The number of aliphatic hydroxyl groups excluding tert-OH is 1. The highest BCUT2D eigenvalue weighted by molar-refractivity contribution is 6.30. The molecule has 0 atom stereocenters. The van der Waals surface area contributed by atoms with Gasteiger partial charge in [-0.25, -0.2) is 4.98 Å². The average molecular weight is 279 g/mol. The Hall–Kier alpha value is -1.65. The number of halogens is 1. The van der Waals surface area contributed by atoms with Gasteiger partial charge in [0.15, 0.2) is 0 Å². The molecule has 19 heavy (non-hydrogen) atoms. The van der Waals surface area contributed by atoms with E-state index in [0.717, 1.165) is 0 Å². The number of hydrogen-bond donors (Lipinski definition) is 1. The first-order valence-electron chi connectivity index (χ1n) is 6.05. The van der Waals surface area contributed by atoms with E-state index in [-0.39, 0.29) is 6.61 Å². The molecule has 0 bridgehead atoms. The molecule has 0 saturated carbocycles. The predicted octanol–water partition coefficient (Wildman–Crippen LogP) is 3.29. The van der Waals surface area contributed by atoms with Gasteiger partial charge in [0.2, 0.25) is 5.88 Å². The van der Waals surface area contributed by atoms with E-state index < -0.39 is 0 Å². The Labute approximate surface area is 117 Å². The van der Waals surface area contributed by atoms with E-state index in [4.69, 9.17) is 16.3 Å². The van der Waals surface area contributed by atoms with Gasteiger partial charge in [-0.1, -0.05) is 36.7 Å². The van der Waals surface area contributed by atoms with Gasteiger partial charge in [-0.05, 0) is 13.0 Å². The molecule has 0 saturated heterocycles. The molecule has 0 radical (unpaired) electrons. The molecule has 0 spiro atoms. The van der Waals surface area contributed by atoms with E-state index in [0.29, 0.717) is 40.2 Å². The fraction of sp³-hybridized carbons (Fsp3) is 0.286. The summed E-state index contributed by atoms with van der Waals surface area (Å²) in [7, 11) is 0. The molecule has 4 nitrogen and oxygen atoms in total. The maximum absolute atomic E-state index is 9.28.